The Bertz CT molecular complexity index is 1400. The van der Waals surface area contributed by atoms with Crippen molar-refractivity contribution in [2.75, 3.05) is 19.0 Å². The molecule has 1 fully saturated rings. The SMILES string of the molecule is Cc1cc(C#N)cc(C(=O)NC2CON(C)C2=O)c1NC(=O)c1cc(Br)nn1-c1ncccc1Cl. The number of pyridine rings is 1. The number of nitrogens with zero attached hydrogens (tertiary/aromatic N) is 5. The van der Waals surface area contributed by atoms with Gasteiger partial charge in [-0.3, -0.25) is 19.2 Å². The molecule has 0 spiro atoms. The molecule has 1 aromatic carbocycles. The number of anilines is 1. The molecule has 3 amide bonds. The Morgan fingerprint density at radius 2 is 2.09 bits per heavy atom. The molecule has 2 aromatic heterocycles. The molecule has 1 saturated heterocycles. The summed E-state index contributed by atoms with van der Waals surface area (Å²) in [6.07, 6.45) is 1.51. The zero-order valence-corrected chi connectivity index (χ0v) is 20.7. The van der Waals surface area contributed by atoms with E-state index in [4.69, 9.17) is 16.4 Å². The highest BCUT2D eigenvalue weighted by Crippen LogP contribution is 2.26. The van der Waals surface area contributed by atoms with Crippen LogP contribution in [0.3, 0.4) is 0 Å². The minimum Gasteiger partial charge on any atom is -0.338 e. The summed E-state index contributed by atoms with van der Waals surface area (Å²) >= 11 is 9.50. The van der Waals surface area contributed by atoms with E-state index >= 15 is 0 Å². The Hall–Kier alpha value is -3.79. The number of benzene rings is 1. The summed E-state index contributed by atoms with van der Waals surface area (Å²) in [7, 11) is 1.44. The number of hydrogen-bond donors (Lipinski definition) is 2. The van der Waals surface area contributed by atoms with Crippen molar-refractivity contribution in [1.82, 2.24) is 25.1 Å². The molecule has 0 bridgehead atoms. The Morgan fingerprint density at radius 1 is 1.31 bits per heavy atom. The van der Waals surface area contributed by atoms with Crippen molar-refractivity contribution < 1.29 is 19.2 Å². The van der Waals surface area contributed by atoms with Gasteiger partial charge >= 0.3 is 0 Å². The molecule has 3 aromatic rings. The molecule has 2 N–H and O–H groups in total. The molecule has 178 valence electrons. The van der Waals surface area contributed by atoms with Crippen molar-refractivity contribution >= 4 is 50.9 Å². The van der Waals surface area contributed by atoms with E-state index in [1.165, 1.54) is 36.1 Å². The maximum absolute atomic E-state index is 13.3. The third kappa shape index (κ3) is 4.88. The van der Waals surface area contributed by atoms with Gasteiger partial charge in [-0.1, -0.05) is 11.6 Å². The van der Waals surface area contributed by atoms with Gasteiger partial charge in [0.15, 0.2) is 5.82 Å². The molecule has 4 rings (SSSR count). The molecular weight excluding hydrogens is 542 g/mol. The van der Waals surface area contributed by atoms with Crippen LogP contribution in [0.4, 0.5) is 5.69 Å². The van der Waals surface area contributed by atoms with E-state index in [9.17, 15) is 19.6 Å². The number of aryl methyl sites for hydroxylation is 1. The van der Waals surface area contributed by atoms with Crippen LogP contribution < -0.4 is 10.6 Å². The number of hydroxylamine groups is 2. The molecule has 35 heavy (non-hydrogen) atoms. The molecule has 1 unspecified atom stereocenters. The molecule has 1 aliphatic heterocycles. The van der Waals surface area contributed by atoms with Gasteiger partial charge in [-0.15, -0.1) is 0 Å². The monoisotopic (exact) mass is 557 g/mol. The van der Waals surface area contributed by atoms with Crippen molar-refractivity contribution in [3.05, 3.63) is 68.5 Å². The second-order valence-electron chi connectivity index (χ2n) is 7.51. The summed E-state index contributed by atoms with van der Waals surface area (Å²) in [5, 5.41) is 20.3. The lowest BCUT2D eigenvalue weighted by molar-refractivity contribution is -0.154. The van der Waals surface area contributed by atoms with Crippen LogP contribution in [0, 0.1) is 18.3 Å². The number of hydrogen-bond acceptors (Lipinski definition) is 7. The molecule has 1 atom stereocenters. The third-order valence-electron chi connectivity index (χ3n) is 5.15. The smallest absolute Gasteiger partial charge is 0.274 e. The fourth-order valence-electron chi connectivity index (χ4n) is 3.46. The van der Waals surface area contributed by atoms with Crippen LogP contribution in [0.25, 0.3) is 5.82 Å². The summed E-state index contributed by atoms with van der Waals surface area (Å²) < 4.78 is 1.63. The highest BCUT2D eigenvalue weighted by molar-refractivity contribution is 9.10. The van der Waals surface area contributed by atoms with Gasteiger partial charge in [0.1, 0.15) is 22.9 Å². The van der Waals surface area contributed by atoms with Gasteiger partial charge in [0, 0.05) is 19.3 Å². The van der Waals surface area contributed by atoms with E-state index in [1.54, 1.807) is 19.1 Å². The Balaban J connectivity index is 1.69. The topological polar surface area (TPSA) is 142 Å². The first-order valence-corrected chi connectivity index (χ1v) is 11.3. The summed E-state index contributed by atoms with van der Waals surface area (Å²) in [6.45, 7) is 1.62. The molecular formula is C22H17BrClN7O4. The summed E-state index contributed by atoms with van der Waals surface area (Å²) in [5.41, 5.74) is 0.952. The van der Waals surface area contributed by atoms with E-state index < -0.39 is 23.8 Å². The van der Waals surface area contributed by atoms with Gasteiger partial charge in [-0.05, 0) is 52.7 Å². The number of aromatic nitrogens is 3. The molecule has 0 aliphatic carbocycles. The first-order valence-electron chi connectivity index (χ1n) is 10.1. The maximum Gasteiger partial charge on any atom is 0.274 e. The lowest BCUT2D eigenvalue weighted by Gasteiger charge is -2.16. The summed E-state index contributed by atoms with van der Waals surface area (Å²) in [6, 6.07) is 8.70. The van der Waals surface area contributed by atoms with Crippen LogP contribution in [-0.4, -0.2) is 57.2 Å². The largest absolute Gasteiger partial charge is 0.338 e. The summed E-state index contributed by atoms with van der Waals surface area (Å²) in [5.74, 6) is -1.44. The van der Waals surface area contributed by atoms with Crippen LogP contribution in [0.5, 0.6) is 0 Å². The molecule has 11 nitrogen and oxygen atoms in total. The molecule has 3 heterocycles. The third-order valence-corrected chi connectivity index (χ3v) is 5.83. The average Bonchev–Trinajstić information content (AvgIpc) is 3.37. The van der Waals surface area contributed by atoms with Gasteiger partial charge in [0.05, 0.1) is 27.9 Å². The minimum absolute atomic E-state index is 0.0123. The predicted molar refractivity (Wildman–Crippen MR) is 128 cm³/mol. The number of likely N-dealkylation sites (N-methyl/N-ethyl adjacent to an activating group) is 1. The average molecular weight is 559 g/mol. The fourth-order valence-corrected chi connectivity index (χ4v) is 4.04. The van der Waals surface area contributed by atoms with Crippen LogP contribution >= 0.6 is 27.5 Å². The second-order valence-corrected chi connectivity index (χ2v) is 8.73. The minimum atomic E-state index is -0.897. The van der Waals surface area contributed by atoms with Crippen LogP contribution in [-0.2, 0) is 9.63 Å². The van der Waals surface area contributed by atoms with Gasteiger partial charge in [0.25, 0.3) is 17.7 Å². The van der Waals surface area contributed by atoms with Crippen molar-refractivity contribution in [2.45, 2.75) is 13.0 Å². The lowest BCUT2D eigenvalue weighted by Crippen LogP contribution is -2.42. The number of nitriles is 1. The zero-order chi connectivity index (χ0) is 25.3. The zero-order valence-electron chi connectivity index (χ0n) is 18.4. The van der Waals surface area contributed by atoms with Gasteiger partial charge in [0.2, 0.25) is 0 Å². The van der Waals surface area contributed by atoms with Crippen LogP contribution in [0.15, 0.2) is 41.1 Å². The molecule has 0 saturated carbocycles. The number of nitrogens with one attached hydrogen (secondary N) is 2. The molecule has 13 heteroatoms. The number of carbonyl (C=O) groups is 3. The van der Waals surface area contributed by atoms with Gasteiger partial charge in [-0.25, -0.2) is 14.7 Å². The van der Waals surface area contributed by atoms with E-state index in [0.717, 1.165) is 5.06 Å². The Morgan fingerprint density at radius 3 is 2.74 bits per heavy atom. The Kier molecular flexibility index (Phi) is 6.83. The predicted octanol–water partition coefficient (Wildman–Crippen LogP) is 2.62. The number of amides is 3. The highest BCUT2D eigenvalue weighted by atomic mass is 79.9. The highest BCUT2D eigenvalue weighted by Gasteiger charge is 2.33. The Labute approximate surface area is 212 Å². The molecule has 1 aliphatic rings. The first kappa shape index (κ1) is 24.3. The van der Waals surface area contributed by atoms with Crippen molar-refractivity contribution in [3.63, 3.8) is 0 Å². The molecule has 0 radical (unpaired) electrons. The fraction of sp³-hybridized carbons (Fsp3) is 0.182. The van der Waals surface area contributed by atoms with E-state index in [-0.39, 0.29) is 40.0 Å². The van der Waals surface area contributed by atoms with Gasteiger partial charge < -0.3 is 10.6 Å². The maximum atomic E-state index is 13.3. The standard InChI is InChI=1S/C22H17BrClN7O4/c1-11-6-12(9-25)7-13(20(32)27-15-10-35-30(2)22(15)34)18(11)28-21(33)16-8-17(23)29-31(16)19-14(24)4-3-5-26-19/h3-8,15H,10H2,1-2H3,(H,27,32)(H,28,33). The van der Waals surface area contributed by atoms with E-state index in [0.29, 0.717) is 10.2 Å². The van der Waals surface area contributed by atoms with Crippen molar-refractivity contribution in [2.24, 2.45) is 0 Å². The number of rotatable bonds is 5. The number of carbonyl (C=O) groups excluding carboxylic acids is 3. The van der Waals surface area contributed by atoms with Crippen molar-refractivity contribution in [3.8, 4) is 11.9 Å². The van der Waals surface area contributed by atoms with E-state index in [2.05, 4.69) is 36.6 Å². The van der Waals surface area contributed by atoms with Crippen LogP contribution in [0.1, 0.15) is 32.0 Å². The first-order chi connectivity index (χ1) is 16.7. The quantitative estimate of drug-likeness (QED) is 0.490. The van der Waals surface area contributed by atoms with Crippen LogP contribution in [0.2, 0.25) is 5.02 Å². The lowest BCUT2D eigenvalue weighted by atomic mass is 10.0. The van der Waals surface area contributed by atoms with E-state index in [1.807, 2.05) is 6.07 Å². The summed E-state index contributed by atoms with van der Waals surface area (Å²) in [4.78, 5) is 47.9. The number of halogens is 2. The van der Waals surface area contributed by atoms with Gasteiger partial charge in [-0.2, -0.15) is 10.4 Å². The van der Waals surface area contributed by atoms with Crippen molar-refractivity contribution in [1.29, 1.82) is 5.26 Å². The second kappa shape index (κ2) is 9.83. The normalized spacial score (nSPS) is 15.1.